The van der Waals surface area contributed by atoms with E-state index >= 15 is 0 Å². The molecule has 156 valence electrons. The molecule has 0 radical (unpaired) electrons. The van der Waals surface area contributed by atoms with Gasteiger partial charge in [0.2, 0.25) is 0 Å². The first-order chi connectivity index (χ1) is 14.6. The Morgan fingerprint density at radius 2 is 2.00 bits per heavy atom. The molecule has 30 heavy (non-hydrogen) atoms. The fraction of sp³-hybridized carbons (Fsp3) is 0.320. The van der Waals surface area contributed by atoms with Crippen molar-refractivity contribution >= 4 is 33.6 Å². The second-order valence-corrected chi connectivity index (χ2v) is 9.09. The van der Waals surface area contributed by atoms with Gasteiger partial charge in [0.05, 0.1) is 0 Å². The highest BCUT2D eigenvalue weighted by Gasteiger charge is 2.12. The molecule has 0 saturated heterocycles. The Bertz CT molecular complexity index is 1140. The largest absolute Gasteiger partial charge is 0.347 e. The predicted molar refractivity (Wildman–Crippen MR) is 130 cm³/mol. The van der Waals surface area contributed by atoms with Gasteiger partial charge in [0, 0.05) is 55.0 Å². The van der Waals surface area contributed by atoms with Gasteiger partial charge in [-0.1, -0.05) is 56.1 Å². The number of nitrogens with one attached hydrogen (secondary N) is 1. The highest BCUT2D eigenvalue weighted by Crippen LogP contribution is 2.32. The molecule has 0 unspecified atom stereocenters. The smallest absolute Gasteiger partial charge is 0.0489 e. The van der Waals surface area contributed by atoms with Crippen molar-refractivity contribution in [2.45, 2.75) is 26.8 Å². The number of benzene rings is 2. The Hall–Kier alpha value is -2.34. The highest BCUT2D eigenvalue weighted by atomic mass is 32.2. The molecule has 0 aliphatic carbocycles. The second kappa shape index (κ2) is 9.21. The zero-order valence-corrected chi connectivity index (χ0v) is 19.0. The molecule has 0 saturated carbocycles. The molecule has 0 aliphatic rings. The van der Waals surface area contributed by atoms with Crippen LogP contribution in [0.3, 0.4) is 0 Å². The molecule has 4 rings (SSSR count). The average molecular weight is 419 g/mol. The van der Waals surface area contributed by atoms with Crippen LogP contribution in [-0.2, 0) is 13.0 Å². The van der Waals surface area contributed by atoms with Crippen molar-refractivity contribution < 1.29 is 0 Å². The number of hydrogen-bond acceptors (Lipinski definition) is 4. The third-order valence-electron chi connectivity index (χ3n) is 5.52. The molecule has 5 heteroatoms. The Balaban J connectivity index is 1.75. The summed E-state index contributed by atoms with van der Waals surface area (Å²) in [4.78, 5) is 4.28. The highest BCUT2D eigenvalue weighted by molar-refractivity contribution is 7.96. The SMILES string of the molecule is CSN(C)NCCc1cn(CC(C)C)c2cc(-c3cccc4cnccc34)ccc12. The van der Waals surface area contributed by atoms with Crippen LogP contribution in [0.1, 0.15) is 19.4 Å². The number of pyridine rings is 1. The van der Waals surface area contributed by atoms with Gasteiger partial charge in [-0.05, 0) is 52.8 Å². The minimum Gasteiger partial charge on any atom is -0.347 e. The first kappa shape index (κ1) is 20.9. The summed E-state index contributed by atoms with van der Waals surface area (Å²) in [5.41, 5.74) is 8.68. The molecule has 2 aromatic carbocycles. The summed E-state index contributed by atoms with van der Waals surface area (Å²) in [6.07, 6.45) is 9.25. The van der Waals surface area contributed by atoms with Gasteiger partial charge in [-0.2, -0.15) is 4.41 Å². The standard InChI is InChI=1S/C25H30N4S/c1-18(2)16-29-17-21(10-13-27-28(3)30-4)24-9-8-19(14-25(24)29)22-7-5-6-20-15-26-12-11-23(20)22/h5-9,11-12,14-15,17-18,27H,10,13,16H2,1-4H3. The van der Waals surface area contributed by atoms with E-state index in [1.807, 2.05) is 12.4 Å². The lowest BCUT2D eigenvalue weighted by Gasteiger charge is -2.13. The summed E-state index contributed by atoms with van der Waals surface area (Å²) in [6, 6.07) is 15.5. The molecule has 2 aromatic heterocycles. The van der Waals surface area contributed by atoms with Crippen LogP contribution in [0.4, 0.5) is 0 Å². The molecule has 0 fully saturated rings. The van der Waals surface area contributed by atoms with Crippen LogP contribution in [0.25, 0.3) is 32.8 Å². The lowest BCUT2D eigenvalue weighted by Crippen LogP contribution is -2.29. The van der Waals surface area contributed by atoms with Gasteiger partial charge in [0.15, 0.2) is 0 Å². The number of fused-ring (bicyclic) bond motifs is 2. The summed E-state index contributed by atoms with van der Waals surface area (Å²) in [6.45, 7) is 6.51. The summed E-state index contributed by atoms with van der Waals surface area (Å²) in [7, 11) is 2.05. The first-order valence-corrected chi connectivity index (χ1v) is 11.7. The molecule has 0 amide bonds. The Labute approximate surface area is 183 Å². The van der Waals surface area contributed by atoms with Crippen molar-refractivity contribution in [3.05, 3.63) is 66.6 Å². The lowest BCUT2D eigenvalue weighted by atomic mass is 9.98. The molecular formula is C25H30N4S. The zero-order valence-electron chi connectivity index (χ0n) is 18.2. The van der Waals surface area contributed by atoms with Gasteiger partial charge in [-0.15, -0.1) is 0 Å². The number of hydrogen-bond donors (Lipinski definition) is 1. The van der Waals surface area contributed by atoms with Crippen LogP contribution in [0.2, 0.25) is 0 Å². The average Bonchev–Trinajstić information content (AvgIpc) is 3.09. The summed E-state index contributed by atoms with van der Waals surface area (Å²) >= 11 is 1.69. The number of rotatable bonds is 8. The summed E-state index contributed by atoms with van der Waals surface area (Å²) in [5.74, 6) is 0.599. The van der Waals surface area contributed by atoms with E-state index in [0.29, 0.717) is 5.92 Å². The van der Waals surface area contributed by atoms with Crippen LogP contribution < -0.4 is 5.43 Å². The topological polar surface area (TPSA) is 33.1 Å². The van der Waals surface area contributed by atoms with Gasteiger partial charge in [-0.3, -0.25) is 4.98 Å². The van der Waals surface area contributed by atoms with Crippen molar-refractivity contribution in [3.8, 4) is 11.1 Å². The van der Waals surface area contributed by atoms with Crippen molar-refractivity contribution in [2.75, 3.05) is 19.8 Å². The molecule has 4 aromatic rings. The third-order valence-corrected chi connectivity index (χ3v) is 6.20. The minimum atomic E-state index is 0.599. The summed E-state index contributed by atoms with van der Waals surface area (Å²) < 4.78 is 4.49. The molecular weight excluding hydrogens is 388 g/mol. The minimum absolute atomic E-state index is 0.599. The molecule has 2 heterocycles. The van der Waals surface area contributed by atoms with E-state index in [2.05, 4.69) is 95.2 Å². The van der Waals surface area contributed by atoms with E-state index in [4.69, 9.17) is 0 Å². The van der Waals surface area contributed by atoms with Gasteiger partial charge in [-0.25, -0.2) is 5.43 Å². The van der Waals surface area contributed by atoms with Crippen molar-refractivity contribution in [1.29, 1.82) is 0 Å². The van der Waals surface area contributed by atoms with Crippen LogP contribution in [0, 0.1) is 5.92 Å². The van der Waals surface area contributed by atoms with Crippen molar-refractivity contribution in [3.63, 3.8) is 0 Å². The van der Waals surface area contributed by atoms with E-state index in [9.17, 15) is 0 Å². The molecule has 0 spiro atoms. The fourth-order valence-electron chi connectivity index (χ4n) is 4.07. The maximum absolute atomic E-state index is 4.28. The maximum Gasteiger partial charge on any atom is 0.0489 e. The third kappa shape index (κ3) is 4.38. The quantitative estimate of drug-likeness (QED) is 0.291. The van der Waals surface area contributed by atoms with E-state index < -0.39 is 0 Å². The normalized spacial score (nSPS) is 11.9. The zero-order chi connectivity index (χ0) is 21.1. The second-order valence-electron chi connectivity index (χ2n) is 8.17. The first-order valence-electron chi connectivity index (χ1n) is 10.5. The number of aromatic nitrogens is 2. The van der Waals surface area contributed by atoms with Gasteiger partial charge in [0.1, 0.15) is 0 Å². The fourth-order valence-corrected chi connectivity index (χ4v) is 4.29. The lowest BCUT2D eigenvalue weighted by molar-refractivity contribution is 0.418. The number of hydrazine groups is 1. The maximum atomic E-state index is 4.28. The summed E-state index contributed by atoms with van der Waals surface area (Å²) in [5, 5.41) is 3.78. The molecule has 0 atom stereocenters. The predicted octanol–water partition coefficient (Wildman–Crippen LogP) is 5.77. The van der Waals surface area contributed by atoms with Crippen LogP contribution in [0.15, 0.2) is 61.1 Å². The Morgan fingerprint density at radius 1 is 1.13 bits per heavy atom. The molecule has 1 N–H and O–H groups in total. The Morgan fingerprint density at radius 3 is 2.80 bits per heavy atom. The van der Waals surface area contributed by atoms with Gasteiger partial charge in [0.25, 0.3) is 0 Å². The van der Waals surface area contributed by atoms with Gasteiger partial charge < -0.3 is 4.57 Å². The number of nitrogens with zero attached hydrogens (tertiary/aromatic N) is 3. The van der Waals surface area contributed by atoms with E-state index in [-0.39, 0.29) is 0 Å². The van der Waals surface area contributed by atoms with Crippen LogP contribution in [-0.4, -0.2) is 33.8 Å². The molecule has 0 bridgehead atoms. The van der Waals surface area contributed by atoms with Gasteiger partial charge >= 0.3 is 0 Å². The van der Waals surface area contributed by atoms with E-state index in [0.717, 1.165) is 19.5 Å². The Kier molecular flexibility index (Phi) is 6.42. The van der Waals surface area contributed by atoms with Crippen molar-refractivity contribution in [1.82, 2.24) is 19.4 Å². The van der Waals surface area contributed by atoms with E-state index in [1.165, 1.54) is 38.4 Å². The van der Waals surface area contributed by atoms with Crippen LogP contribution >= 0.6 is 11.9 Å². The van der Waals surface area contributed by atoms with Crippen LogP contribution in [0.5, 0.6) is 0 Å². The van der Waals surface area contributed by atoms with Crippen molar-refractivity contribution in [2.24, 2.45) is 5.92 Å². The van der Waals surface area contributed by atoms with E-state index in [1.54, 1.807) is 11.9 Å². The molecule has 4 nitrogen and oxygen atoms in total. The monoisotopic (exact) mass is 418 g/mol. The molecule has 0 aliphatic heterocycles.